The second-order valence-electron chi connectivity index (χ2n) is 8.48. The predicted molar refractivity (Wildman–Crippen MR) is 102 cm³/mol. The van der Waals surface area contributed by atoms with Crippen LogP contribution in [0.4, 0.5) is 0 Å². The molecule has 7 heteroatoms. The zero-order valence-electron chi connectivity index (χ0n) is 16.5. The van der Waals surface area contributed by atoms with Gasteiger partial charge in [0.2, 0.25) is 0 Å². The van der Waals surface area contributed by atoms with Crippen LogP contribution in [0.3, 0.4) is 0 Å². The summed E-state index contributed by atoms with van der Waals surface area (Å²) in [6.07, 6.45) is 2.74. The topological polar surface area (TPSA) is 86.6 Å². The summed E-state index contributed by atoms with van der Waals surface area (Å²) in [7, 11) is 0. The van der Waals surface area contributed by atoms with Crippen molar-refractivity contribution in [1.82, 2.24) is 14.8 Å². The summed E-state index contributed by atoms with van der Waals surface area (Å²) < 4.78 is 5.17. The van der Waals surface area contributed by atoms with Gasteiger partial charge >= 0.3 is 0 Å². The van der Waals surface area contributed by atoms with Gasteiger partial charge in [-0.2, -0.15) is 0 Å². The first-order valence-corrected chi connectivity index (χ1v) is 9.63. The fraction of sp³-hybridized carbons (Fsp3) is 0.476. The number of hydrogen-bond acceptors (Lipinski definition) is 4. The summed E-state index contributed by atoms with van der Waals surface area (Å²) >= 11 is 0. The van der Waals surface area contributed by atoms with E-state index in [1.165, 1.54) is 6.26 Å². The van der Waals surface area contributed by atoms with Crippen molar-refractivity contribution in [3.05, 3.63) is 46.7 Å². The van der Waals surface area contributed by atoms with Crippen LogP contribution in [0, 0.1) is 12.3 Å². The van der Waals surface area contributed by atoms with Crippen molar-refractivity contribution < 1.29 is 18.8 Å². The van der Waals surface area contributed by atoms with Gasteiger partial charge in [0.05, 0.1) is 6.26 Å². The van der Waals surface area contributed by atoms with E-state index in [1.807, 2.05) is 6.92 Å². The van der Waals surface area contributed by atoms with Crippen molar-refractivity contribution >= 4 is 17.6 Å². The molecule has 2 aliphatic rings. The van der Waals surface area contributed by atoms with E-state index < -0.39 is 0 Å². The molecule has 1 aliphatic heterocycles. The van der Waals surface area contributed by atoms with Crippen LogP contribution in [0.5, 0.6) is 0 Å². The van der Waals surface area contributed by atoms with E-state index in [9.17, 15) is 14.4 Å². The SMILES string of the molecule is Cc1c(C(=O)N2CCN(C(=O)c3ccco3)CC2)[nH]c2c1C(=O)CC(C)(C)C2. The number of carbonyl (C=O) groups is 3. The zero-order valence-corrected chi connectivity index (χ0v) is 16.5. The average molecular weight is 383 g/mol. The third-order valence-corrected chi connectivity index (χ3v) is 5.70. The Morgan fingerprint density at radius 3 is 2.32 bits per heavy atom. The van der Waals surface area contributed by atoms with Gasteiger partial charge in [-0.05, 0) is 36.5 Å². The number of furan rings is 1. The number of H-pyrrole nitrogens is 1. The van der Waals surface area contributed by atoms with Gasteiger partial charge in [0.25, 0.3) is 11.8 Å². The lowest BCUT2D eigenvalue weighted by Gasteiger charge is -2.34. The number of rotatable bonds is 2. The number of aromatic nitrogens is 1. The molecule has 28 heavy (non-hydrogen) atoms. The normalized spacial score (nSPS) is 18.9. The second-order valence-corrected chi connectivity index (χ2v) is 8.48. The van der Waals surface area contributed by atoms with Gasteiger partial charge in [0.1, 0.15) is 5.69 Å². The molecule has 1 fully saturated rings. The van der Waals surface area contributed by atoms with Crippen molar-refractivity contribution in [2.24, 2.45) is 5.41 Å². The molecular weight excluding hydrogens is 358 g/mol. The molecule has 0 atom stereocenters. The molecule has 0 aromatic carbocycles. The van der Waals surface area contributed by atoms with Crippen LogP contribution in [0.25, 0.3) is 0 Å². The summed E-state index contributed by atoms with van der Waals surface area (Å²) in [4.78, 5) is 44.7. The van der Waals surface area contributed by atoms with Gasteiger partial charge in [0, 0.05) is 43.9 Å². The molecule has 1 N–H and O–H groups in total. The van der Waals surface area contributed by atoms with Gasteiger partial charge in [-0.3, -0.25) is 14.4 Å². The van der Waals surface area contributed by atoms with Crippen LogP contribution in [0.2, 0.25) is 0 Å². The number of aromatic amines is 1. The van der Waals surface area contributed by atoms with Crippen LogP contribution >= 0.6 is 0 Å². The van der Waals surface area contributed by atoms with Crippen LogP contribution in [-0.4, -0.2) is 58.6 Å². The molecule has 0 radical (unpaired) electrons. The molecule has 2 aromatic rings. The minimum atomic E-state index is -0.156. The maximum atomic E-state index is 13.1. The summed E-state index contributed by atoms with van der Waals surface area (Å²) in [5.74, 6) is 0.153. The van der Waals surface area contributed by atoms with Crippen molar-refractivity contribution in [2.75, 3.05) is 26.2 Å². The van der Waals surface area contributed by atoms with Crippen LogP contribution in [0.15, 0.2) is 22.8 Å². The van der Waals surface area contributed by atoms with E-state index in [0.717, 1.165) is 17.7 Å². The van der Waals surface area contributed by atoms with E-state index >= 15 is 0 Å². The smallest absolute Gasteiger partial charge is 0.289 e. The molecule has 2 aromatic heterocycles. The van der Waals surface area contributed by atoms with Gasteiger partial charge in [-0.1, -0.05) is 13.8 Å². The summed E-state index contributed by atoms with van der Waals surface area (Å²) in [5.41, 5.74) is 2.71. The maximum Gasteiger partial charge on any atom is 0.289 e. The largest absolute Gasteiger partial charge is 0.459 e. The first-order chi connectivity index (χ1) is 13.3. The summed E-state index contributed by atoms with van der Waals surface area (Å²) in [6.45, 7) is 7.80. The number of fused-ring (bicyclic) bond motifs is 1. The highest BCUT2D eigenvalue weighted by Crippen LogP contribution is 2.37. The average Bonchev–Trinajstić information content (AvgIpc) is 3.28. The number of ketones is 1. The molecule has 4 rings (SSSR count). The van der Waals surface area contributed by atoms with Gasteiger partial charge in [-0.25, -0.2) is 0 Å². The molecule has 7 nitrogen and oxygen atoms in total. The number of nitrogens with one attached hydrogen (secondary N) is 1. The third-order valence-electron chi connectivity index (χ3n) is 5.70. The summed E-state index contributed by atoms with van der Waals surface area (Å²) in [5, 5.41) is 0. The first-order valence-electron chi connectivity index (χ1n) is 9.63. The molecule has 1 saturated heterocycles. The molecule has 0 unspecified atom stereocenters. The molecule has 0 spiro atoms. The Labute approximate surface area is 163 Å². The van der Waals surface area contributed by atoms with Crippen molar-refractivity contribution in [3.8, 4) is 0 Å². The number of piperazine rings is 1. The second kappa shape index (κ2) is 6.65. The van der Waals surface area contributed by atoms with Crippen LogP contribution in [-0.2, 0) is 6.42 Å². The monoisotopic (exact) mass is 383 g/mol. The zero-order chi connectivity index (χ0) is 20.1. The van der Waals surface area contributed by atoms with E-state index in [0.29, 0.717) is 49.6 Å². The van der Waals surface area contributed by atoms with Crippen molar-refractivity contribution in [1.29, 1.82) is 0 Å². The van der Waals surface area contributed by atoms with Gasteiger partial charge in [0.15, 0.2) is 11.5 Å². The van der Waals surface area contributed by atoms with E-state index in [1.54, 1.807) is 21.9 Å². The van der Waals surface area contributed by atoms with Gasteiger partial charge in [-0.15, -0.1) is 0 Å². The Morgan fingerprint density at radius 2 is 1.71 bits per heavy atom. The Bertz CT molecular complexity index is 931. The standard InChI is InChI=1S/C21H25N3O4/c1-13-17-14(11-21(2,3)12-15(17)25)22-18(13)20(27)24-8-6-23(7-9-24)19(26)16-5-4-10-28-16/h4-5,10,22H,6-9,11-12H2,1-3H3. The van der Waals surface area contributed by atoms with Crippen LogP contribution in [0.1, 0.15) is 62.9 Å². The molecule has 2 amide bonds. The van der Waals surface area contributed by atoms with E-state index in [2.05, 4.69) is 18.8 Å². The number of amides is 2. The predicted octanol–water partition coefficient (Wildman–Crippen LogP) is 2.67. The van der Waals surface area contributed by atoms with E-state index in [-0.39, 0.29) is 23.0 Å². The lowest BCUT2D eigenvalue weighted by molar-refractivity contribution is 0.0515. The Hall–Kier alpha value is -2.83. The fourth-order valence-electron chi connectivity index (χ4n) is 4.27. The molecule has 148 valence electrons. The van der Waals surface area contributed by atoms with Crippen molar-refractivity contribution in [3.63, 3.8) is 0 Å². The van der Waals surface area contributed by atoms with Gasteiger partial charge < -0.3 is 19.2 Å². The molecule has 0 bridgehead atoms. The first kappa shape index (κ1) is 18.5. The minimum absolute atomic E-state index is 0.0977. The highest BCUT2D eigenvalue weighted by molar-refractivity contribution is 6.04. The molecule has 1 aliphatic carbocycles. The minimum Gasteiger partial charge on any atom is -0.459 e. The molecular formula is C21H25N3O4. The number of Topliss-reactive ketones (excluding diaryl/α,β-unsaturated/α-hetero) is 1. The van der Waals surface area contributed by atoms with E-state index in [4.69, 9.17) is 4.42 Å². The highest BCUT2D eigenvalue weighted by Gasteiger charge is 2.36. The third kappa shape index (κ3) is 3.15. The van der Waals surface area contributed by atoms with Crippen molar-refractivity contribution in [2.45, 2.75) is 33.6 Å². The number of nitrogens with zero attached hydrogens (tertiary/aromatic N) is 2. The lowest BCUT2D eigenvalue weighted by Crippen LogP contribution is -2.50. The highest BCUT2D eigenvalue weighted by atomic mass is 16.3. The number of carbonyl (C=O) groups excluding carboxylic acids is 3. The fourth-order valence-corrected chi connectivity index (χ4v) is 4.27. The molecule has 3 heterocycles. The Kier molecular flexibility index (Phi) is 4.40. The summed E-state index contributed by atoms with van der Waals surface area (Å²) in [6, 6.07) is 3.33. The Balaban J connectivity index is 1.48. The maximum absolute atomic E-state index is 13.1. The Morgan fingerprint density at radius 1 is 1.07 bits per heavy atom. The molecule has 0 saturated carbocycles. The number of hydrogen-bond donors (Lipinski definition) is 1. The lowest BCUT2D eigenvalue weighted by atomic mass is 9.75. The van der Waals surface area contributed by atoms with Crippen LogP contribution < -0.4 is 0 Å². The quantitative estimate of drug-likeness (QED) is 0.864.